The Bertz CT molecular complexity index is 508. The van der Waals surface area contributed by atoms with Gasteiger partial charge >= 0.3 is 5.97 Å². The van der Waals surface area contributed by atoms with E-state index in [1.54, 1.807) is 6.92 Å². The molecule has 8 heteroatoms. The number of nitrogens with zero attached hydrogens (tertiary/aromatic N) is 2. The number of anilines is 1. The fourth-order valence-corrected chi connectivity index (χ4v) is 1.52. The number of hydrogen-bond donors (Lipinski definition) is 0. The molecule has 6 nitrogen and oxygen atoms in total. The summed E-state index contributed by atoms with van der Waals surface area (Å²) < 4.78 is 31.4. The van der Waals surface area contributed by atoms with Crippen LogP contribution in [0.1, 0.15) is 6.92 Å². The number of halogens is 2. The molecule has 0 spiro atoms. The van der Waals surface area contributed by atoms with E-state index in [0.29, 0.717) is 6.07 Å². The number of rotatable bonds is 5. The van der Waals surface area contributed by atoms with E-state index in [0.717, 1.165) is 11.0 Å². The van der Waals surface area contributed by atoms with Gasteiger partial charge in [-0.25, -0.2) is 8.78 Å². The summed E-state index contributed by atoms with van der Waals surface area (Å²) in [5.41, 5.74) is -1.20. The zero-order valence-electron chi connectivity index (χ0n) is 10.4. The maximum atomic E-state index is 13.6. The number of likely N-dealkylation sites (N-methyl/N-ethyl adjacent to an activating group) is 1. The highest BCUT2D eigenvalue weighted by Crippen LogP contribution is 2.31. The Morgan fingerprint density at radius 1 is 1.47 bits per heavy atom. The molecule has 0 saturated carbocycles. The van der Waals surface area contributed by atoms with E-state index < -0.39 is 40.4 Å². The first-order valence-electron chi connectivity index (χ1n) is 5.37. The van der Waals surface area contributed by atoms with E-state index in [4.69, 9.17) is 0 Å². The maximum Gasteiger partial charge on any atom is 0.325 e. The fourth-order valence-electron chi connectivity index (χ4n) is 1.52. The molecule has 1 aromatic rings. The second kappa shape index (κ2) is 6.07. The zero-order chi connectivity index (χ0) is 14.6. The highest BCUT2D eigenvalue weighted by Gasteiger charge is 2.25. The minimum atomic E-state index is -1.37. The molecule has 0 aliphatic heterocycles. The molecule has 0 bridgehead atoms. The van der Waals surface area contributed by atoms with Crippen molar-refractivity contribution in [3.8, 4) is 0 Å². The van der Waals surface area contributed by atoms with Crippen LogP contribution in [-0.4, -0.2) is 31.1 Å². The van der Waals surface area contributed by atoms with Crippen molar-refractivity contribution in [1.29, 1.82) is 0 Å². The van der Waals surface area contributed by atoms with Gasteiger partial charge in [-0.3, -0.25) is 14.9 Å². The topological polar surface area (TPSA) is 72.7 Å². The summed E-state index contributed by atoms with van der Waals surface area (Å²) in [6.45, 7) is 1.29. The molecule has 0 atom stereocenters. The number of esters is 1. The molecule has 0 radical (unpaired) electrons. The van der Waals surface area contributed by atoms with Crippen LogP contribution in [0, 0.1) is 21.7 Å². The Morgan fingerprint density at radius 2 is 2.11 bits per heavy atom. The van der Waals surface area contributed by atoms with Gasteiger partial charge in [0.1, 0.15) is 6.54 Å². The third-order valence-electron chi connectivity index (χ3n) is 2.30. The minimum Gasteiger partial charge on any atom is -0.465 e. The highest BCUT2D eigenvalue weighted by atomic mass is 19.2. The number of nitro groups is 1. The van der Waals surface area contributed by atoms with Gasteiger partial charge in [0.25, 0.3) is 5.69 Å². The van der Waals surface area contributed by atoms with Crippen LogP contribution in [0.15, 0.2) is 12.1 Å². The van der Waals surface area contributed by atoms with Gasteiger partial charge in [-0.1, -0.05) is 0 Å². The van der Waals surface area contributed by atoms with Crippen LogP contribution < -0.4 is 4.90 Å². The molecule has 0 fully saturated rings. The minimum absolute atomic E-state index is 0.125. The molecular weight excluding hydrogens is 262 g/mol. The number of ether oxygens (including phenoxy) is 1. The number of nitro benzene ring substituents is 1. The van der Waals surface area contributed by atoms with E-state index in [1.807, 2.05) is 0 Å². The van der Waals surface area contributed by atoms with E-state index in [1.165, 1.54) is 7.05 Å². The van der Waals surface area contributed by atoms with Gasteiger partial charge in [-0.05, 0) is 13.0 Å². The van der Waals surface area contributed by atoms with E-state index in [9.17, 15) is 23.7 Å². The van der Waals surface area contributed by atoms with Crippen LogP contribution in [0.25, 0.3) is 0 Å². The smallest absolute Gasteiger partial charge is 0.325 e. The lowest BCUT2D eigenvalue weighted by Crippen LogP contribution is -2.28. The Balaban J connectivity index is 3.13. The summed E-state index contributed by atoms with van der Waals surface area (Å²) in [5, 5.41) is 10.8. The van der Waals surface area contributed by atoms with Crippen LogP contribution in [0.5, 0.6) is 0 Å². The molecule has 104 valence electrons. The van der Waals surface area contributed by atoms with Gasteiger partial charge in [0.05, 0.1) is 11.5 Å². The molecule has 0 aromatic heterocycles. The van der Waals surface area contributed by atoms with E-state index in [2.05, 4.69) is 4.74 Å². The predicted molar refractivity (Wildman–Crippen MR) is 62.9 cm³/mol. The quantitative estimate of drug-likeness (QED) is 0.465. The molecule has 0 aliphatic carbocycles. The monoisotopic (exact) mass is 274 g/mol. The zero-order valence-corrected chi connectivity index (χ0v) is 10.4. The summed E-state index contributed by atoms with van der Waals surface area (Å²) in [6, 6.07) is 1.50. The molecule has 1 aromatic carbocycles. The first kappa shape index (κ1) is 14.8. The Kier molecular flexibility index (Phi) is 4.74. The molecule has 0 unspecified atom stereocenters. The van der Waals surface area contributed by atoms with Gasteiger partial charge in [-0.15, -0.1) is 0 Å². The van der Waals surface area contributed by atoms with Gasteiger partial charge < -0.3 is 9.64 Å². The summed E-state index contributed by atoms with van der Waals surface area (Å²) in [6.07, 6.45) is 0. The molecule has 0 amide bonds. The first-order chi connectivity index (χ1) is 8.88. The summed E-state index contributed by atoms with van der Waals surface area (Å²) >= 11 is 0. The molecule has 0 aliphatic rings. The van der Waals surface area contributed by atoms with Crippen molar-refractivity contribution < 1.29 is 23.2 Å². The summed E-state index contributed by atoms with van der Waals surface area (Å²) in [7, 11) is 1.24. The van der Waals surface area contributed by atoms with Crippen LogP contribution in [-0.2, 0) is 9.53 Å². The van der Waals surface area contributed by atoms with Crippen LogP contribution in [0.3, 0.4) is 0 Å². The molecule has 1 rings (SSSR count). The first-order valence-corrected chi connectivity index (χ1v) is 5.37. The number of carbonyl (C=O) groups excluding carboxylic acids is 1. The Morgan fingerprint density at radius 3 is 2.63 bits per heavy atom. The third-order valence-corrected chi connectivity index (χ3v) is 2.30. The van der Waals surface area contributed by atoms with Crippen molar-refractivity contribution >= 4 is 17.3 Å². The Hall–Kier alpha value is -2.25. The second-order valence-corrected chi connectivity index (χ2v) is 3.65. The highest BCUT2D eigenvalue weighted by molar-refractivity contribution is 5.77. The van der Waals surface area contributed by atoms with E-state index >= 15 is 0 Å². The molecule has 0 saturated heterocycles. The average Bonchev–Trinajstić information content (AvgIpc) is 2.31. The van der Waals surface area contributed by atoms with Crippen LogP contribution in [0.4, 0.5) is 20.2 Å². The van der Waals surface area contributed by atoms with Gasteiger partial charge in [0.15, 0.2) is 17.3 Å². The molecule has 19 heavy (non-hydrogen) atoms. The van der Waals surface area contributed by atoms with Crippen molar-refractivity contribution in [3.63, 3.8) is 0 Å². The van der Waals surface area contributed by atoms with Crippen molar-refractivity contribution in [1.82, 2.24) is 0 Å². The fraction of sp³-hybridized carbons (Fsp3) is 0.364. The maximum absolute atomic E-state index is 13.6. The number of benzene rings is 1. The van der Waals surface area contributed by atoms with Gasteiger partial charge in [0, 0.05) is 13.1 Å². The van der Waals surface area contributed by atoms with Crippen LogP contribution in [0.2, 0.25) is 0 Å². The molecule has 0 N–H and O–H groups in total. The third kappa shape index (κ3) is 3.36. The SMILES string of the molecule is CCOC(=O)CN(C)c1c([N+](=O)[O-])ccc(F)c1F. The lowest BCUT2D eigenvalue weighted by molar-refractivity contribution is -0.384. The summed E-state index contributed by atoms with van der Waals surface area (Å²) in [5.74, 6) is -3.29. The van der Waals surface area contributed by atoms with Crippen molar-refractivity contribution in [2.45, 2.75) is 6.92 Å². The Labute approximate surface area is 107 Å². The summed E-state index contributed by atoms with van der Waals surface area (Å²) in [4.78, 5) is 22.1. The number of hydrogen-bond acceptors (Lipinski definition) is 5. The van der Waals surface area contributed by atoms with Crippen molar-refractivity contribution in [2.24, 2.45) is 0 Å². The van der Waals surface area contributed by atoms with Crippen molar-refractivity contribution in [2.75, 3.05) is 25.1 Å². The standard InChI is InChI=1S/C11H12F2N2O4/c1-3-19-9(16)6-14(2)11-8(15(17)18)5-4-7(12)10(11)13/h4-5H,3,6H2,1-2H3. The second-order valence-electron chi connectivity index (χ2n) is 3.65. The van der Waals surface area contributed by atoms with Crippen molar-refractivity contribution in [3.05, 3.63) is 33.9 Å². The van der Waals surface area contributed by atoms with Gasteiger partial charge in [-0.2, -0.15) is 0 Å². The molecule has 0 heterocycles. The van der Waals surface area contributed by atoms with Crippen LogP contribution >= 0.6 is 0 Å². The average molecular weight is 274 g/mol. The van der Waals surface area contributed by atoms with E-state index in [-0.39, 0.29) is 6.61 Å². The lowest BCUT2D eigenvalue weighted by atomic mass is 10.2. The normalized spacial score (nSPS) is 10.1. The van der Waals surface area contributed by atoms with Gasteiger partial charge in [0.2, 0.25) is 0 Å². The molecular formula is C11H12F2N2O4. The largest absolute Gasteiger partial charge is 0.465 e. The predicted octanol–water partition coefficient (Wildman–Crippen LogP) is 1.87. The number of carbonyl (C=O) groups is 1. The lowest BCUT2D eigenvalue weighted by Gasteiger charge is -2.18.